The third-order valence-electron chi connectivity index (χ3n) is 6.99. The largest absolute Gasteiger partial charge is 0.573 e. The molecular weight excluding hydrogens is 589 g/mol. The van der Waals surface area contributed by atoms with Crippen LogP contribution in [0.3, 0.4) is 0 Å². The van der Waals surface area contributed by atoms with Crippen molar-refractivity contribution >= 4 is 17.7 Å². The van der Waals surface area contributed by atoms with Crippen LogP contribution in [0.1, 0.15) is 68.9 Å². The minimum Gasteiger partial charge on any atom is -0.406 e. The molecule has 0 aliphatic carbocycles. The summed E-state index contributed by atoms with van der Waals surface area (Å²) in [4.78, 5) is 42.6. The van der Waals surface area contributed by atoms with E-state index in [1.54, 1.807) is 35.2 Å². The zero-order valence-electron chi connectivity index (χ0n) is 25.3. The van der Waals surface area contributed by atoms with Crippen molar-refractivity contribution in [3.05, 3.63) is 101 Å². The average Bonchev–Trinajstić information content (AvgIpc) is 2.99. The van der Waals surface area contributed by atoms with E-state index in [1.807, 2.05) is 19.9 Å². The summed E-state index contributed by atoms with van der Waals surface area (Å²) in [6.07, 6.45) is -4.73. The quantitative estimate of drug-likeness (QED) is 0.226. The maximum Gasteiger partial charge on any atom is 0.573 e. The van der Waals surface area contributed by atoms with Gasteiger partial charge in [0.15, 0.2) is 0 Å². The molecule has 3 amide bonds. The molecule has 0 aliphatic rings. The first-order valence-electron chi connectivity index (χ1n) is 14.7. The number of halogens is 3. The summed E-state index contributed by atoms with van der Waals surface area (Å²) in [5, 5.41) is 11.1. The number of amides is 3. The minimum atomic E-state index is -4.86. The minimum absolute atomic E-state index is 0.00983. The van der Waals surface area contributed by atoms with Gasteiger partial charge >= 0.3 is 6.36 Å². The molecule has 242 valence electrons. The molecule has 0 fully saturated rings. The van der Waals surface area contributed by atoms with Gasteiger partial charge in [0.1, 0.15) is 5.75 Å². The van der Waals surface area contributed by atoms with Crippen LogP contribution in [0.15, 0.2) is 72.8 Å². The van der Waals surface area contributed by atoms with Gasteiger partial charge < -0.3 is 31.1 Å². The van der Waals surface area contributed by atoms with Crippen molar-refractivity contribution in [2.45, 2.75) is 58.2 Å². The van der Waals surface area contributed by atoms with Gasteiger partial charge in [0.05, 0.1) is 6.10 Å². The highest BCUT2D eigenvalue weighted by molar-refractivity contribution is 6.04. The first-order chi connectivity index (χ1) is 21.3. The average molecular weight is 629 g/mol. The van der Waals surface area contributed by atoms with Crippen LogP contribution in [-0.4, -0.2) is 70.8 Å². The molecule has 9 nitrogen and oxygen atoms in total. The highest BCUT2D eigenvalue weighted by Gasteiger charge is 2.31. The number of aliphatic hydroxyl groups is 1. The van der Waals surface area contributed by atoms with Crippen LogP contribution in [0.2, 0.25) is 0 Å². The standard InChI is InChI=1S/C33H39F3N4O5/c1-3-13-39(14-4-2)31(43)25-17-24(30(38)42)18-26(19-25)32(44)40(20-22-9-6-5-7-10-22)21-29(41)28(37)16-23-11-8-12-27(15-23)45-33(34,35)36/h5-12,15,17-19,28-29,41H,3-4,13-14,16,20-21,37H2,1-2H3,(H2,38,42)/t28-,29+/m0/s1. The number of rotatable bonds is 15. The molecule has 3 rings (SSSR count). The van der Waals surface area contributed by atoms with Gasteiger partial charge in [0.25, 0.3) is 11.8 Å². The molecule has 45 heavy (non-hydrogen) atoms. The maximum absolute atomic E-state index is 14.0. The molecule has 0 spiro atoms. The lowest BCUT2D eigenvalue weighted by molar-refractivity contribution is -0.274. The van der Waals surface area contributed by atoms with Crippen molar-refractivity contribution in [1.82, 2.24) is 9.80 Å². The Kier molecular flexibility index (Phi) is 12.5. The molecule has 0 radical (unpaired) electrons. The van der Waals surface area contributed by atoms with E-state index in [4.69, 9.17) is 11.5 Å². The second-order valence-corrected chi connectivity index (χ2v) is 10.8. The first-order valence-corrected chi connectivity index (χ1v) is 14.7. The second-order valence-electron chi connectivity index (χ2n) is 10.8. The van der Waals surface area contributed by atoms with E-state index in [9.17, 15) is 32.7 Å². The lowest BCUT2D eigenvalue weighted by Gasteiger charge is -2.29. The SMILES string of the molecule is CCCN(CCC)C(=O)c1cc(C(N)=O)cc(C(=O)N(Cc2ccccc2)C[C@@H](O)[C@@H](N)Cc2cccc(OC(F)(F)F)c2)c1. The number of hydrogen-bond acceptors (Lipinski definition) is 6. The number of nitrogens with two attached hydrogens (primary N) is 2. The van der Waals surface area contributed by atoms with Crippen LogP contribution in [0.5, 0.6) is 5.75 Å². The van der Waals surface area contributed by atoms with Gasteiger partial charge in [-0.3, -0.25) is 14.4 Å². The summed E-state index contributed by atoms with van der Waals surface area (Å²) in [5.41, 5.74) is 13.1. The van der Waals surface area contributed by atoms with Crippen molar-refractivity contribution in [3.8, 4) is 5.75 Å². The van der Waals surface area contributed by atoms with E-state index in [-0.39, 0.29) is 42.1 Å². The molecule has 3 aromatic rings. The number of ether oxygens (including phenoxy) is 1. The monoisotopic (exact) mass is 628 g/mol. The molecule has 0 aromatic heterocycles. The number of nitrogens with zero attached hydrogens (tertiary/aromatic N) is 2. The number of alkyl halides is 3. The third kappa shape index (κ3) is 10.6. The molecule has 0 saturated heterocycles. The van der Waals surface area contributed by atoms with Crippen LogP contribution in [0.25, 0.3) is 0 Å². The fourth-order valence-corrected chi connectivity index (χ4v) is 4.90. The first kappa shape index (κ1) is 35.1. The van der Waals surface area contributed by atoms with Gasteiger partial charge in [-0.2, -0.15) is 0 Å². The Morgan fingerprint density at radius 3 is 1.93 bits per heavy atom. The second kappa shape index (κ2) is 16.1. The Labute approximate surface area is 260 Å². The van der Waals surface area contributed by atoms with E-state index in [0.717, 1.165) is 24.5 Å². The Morgan fingerprint density at radius 2 is 1.38 bits per heavy atom. The van der Waals surface area contributed by atoms with Gasteiger partial charge in [-0.15, -0.1) is 13.2 Å². The van der Waals surface area contributed by atoms with Crippen molar-refractivity contribution in [2.24, 2.45) is 11.5 Å². The summed E-state index contributed by atoms with van der Waals surface area (Å²) in [6.45, 7) is 4.67. The summed E-state index contributed by atoms with van der Waals surface area (Å²) in [5.74, 6) is -2.16. The Morgan fingerprint density at radius 1 is 0.822 bits per heavy atom. The molecular formula is C33H39F3N4O5. The van der Waals surface area contributed by atoms with Gasteiger partial charge in [0.2, 0.25) is 5.91 Å². The van der Waals surface area contributed by atoms with Crippen LogP contribution in [0.4, 0.5) is 13.2 Å². The fourth-order valence-electron chi connectivity index (χ4n) is 4.90. The van der Waals surface area contributed by atoms with Crippen molar-refractivity contribution in [1.29, 1.82) is 0 Å². The van der Waals surface area contributed by atoms with E-state index in [0.29, 0.717) is 18.7 Å². The number of primary amides is 1. The molecule has 0 saturated carbocycles. The molecule has 0 unspecified atom stereocenters. The molecule has 3 aromatic carbocycles. The summed E-state index contributed by atoms with van der Waals surface area (Å²) < 4.78 is 42.0. The number of hydrogen-bond donors (Lipinski definition) is 3. The number of aliphatic hydroxyl groups excluding tert-OH is 1. The van der Waals surface area contributed by atoms with Gasteiger partial charge in [-0.25, -0.2) is 0 Å². The maximum atomic E-state index is 14.0. The zero-order chi connectivity index (χ0) is 33.1. The zero-order valence-corrected chi connectivity index (χ0v) is 25.3. The van der Waals surface area contributed by atoms with Crippen LogP contribution in [0, 0.1) is 0 Å². The highest BCUT2D eigenvalue weighted by Crippen LogP contribution is 2.24. The summed E-state index contributed by atoms with van der Waals surface area (Å²) >= 11 is 0. The highest BCUT2D eigenvalue weighted by atomic mass is 19.4. The predicted octanol–water partition coefficient (Wildman–Crippen LogP) is 4.52. The fraction of sp³-hybridized carbons (Fsp3) is 0.364. The Balaban J connectivity index is 1.91. The van der Waals surface area contributed by atoms with Crippen LogP contribution < -0.4 is 16.2 Å². The van der Waals surface area contributed by atoms with E-state index < -0.39 is 36.1 Å². The lowest BCUT2D eigenvalue weighted by atomic mass is 10.00. The van der Waals surface area contributed by atoms with Crippen LogP contribution >= 0.6 is 0 Å². The van der Waals surface area contributed by atoms with E-state index >= 15 is 0 Å². The Hall–Kier alpha value is -4.42. The number of carbonyl (C=O) groups is 3. The molecule has 0 bridgehead atoms. The van der Waals surface area contributed by atoms with Crippen molar-refractivity contribution in [3.63, 3.8) is 0 Å². The number of carbonyl (C=O) groups excluding carboxylic acids is 3. The van der Waals surface area contributed by atoms with Crippen molar-refractivity contribution in [2.75, 3.05) is 19.6 Å². The van der Waals surface area contributed by atoms with E-state index in [1.165, 1.54) is 35.2 Å². The molecule has 0 aliphatic heterocycles. The lowest BCUT2D eigenvalue weighted by Crippen LogP contribution is -2.46. The molecule has 0 heterocycles. The Bertz CT molecular complexity index is 1450. The smallest absolute Gasteiger partial charge is 0.406 e. The number of benzene rings is 3. The third-order valence-corrected chi connectivity index (χ3v) is 6.99. The topological polar surface area (TPSA) is 139 Å². The van der Waals surface area contributed by atoms with Crippen LogP contribution in [-0.2, 0) is 13.0 Å². The summed E-state index contributed by atoms with van der Waals surface area (Å²) in [6, 6.07) is 17.4. The van der Waals surface area contributed by atoms with E-state index in [2.05, 4.69) is 4.74 Å². The summed E-state index contributed by atoms with van der Waals surface area (Å²) in [7, 11) is 0. The van der Waals surface area contributed by atoms with Gasteiger partial charge in [-0.1, -0.05) is 56.3 Å². The van der Waals surface area contributed by atoms with Crippen molar-refractivity contribution < 1.29 is 37.4 Å². The normalized spacial score (nSPS) is 12.7. The predicted molar refractivity (Wildman–Crippen MR) is 163 cm³/mol. The molecule has 2 atom stereocenters. The molecule has 5 N–H and O–H groups in total. The molecule has 12 heteroatoms. The van der Waals surface area contributed by atoms with Gasteiger partial charge in [0, 0.05) is 48.9 Å². The van der Waals surface area contributed by atoms with Gasteiger partial charge in [-0.05, 0) is 60.7 Å².